The average molecular weight is 275 g/mol. The van der Waals surface area contributed by atoms with E-state index in [1.807, 2.05) is 30.5 Å². The van der Waals surface area contributed by atoms with E-state index in [2.05, 4.69) is 10.4 Å². The van der Waals surface area contributed by atoms with Gasteiger partial charge in [-0.15, -0.1) is 0 Å². The molecule has 2 aromatic heterocycles. The lowest BCUT2D eigenvalue weighted by atomic mass is 10.3. The molecule has 0 bridgehead atoms. The van der Waals surface area contributed by atoms with Gasteiger partial charge in [0.25, 0.3) is 0 Å². The third-order valence-corrected chi connectivity index (χ3v) is 2.75. The van der Waals surface area contributed by atoms with Gasteiger partial charge < -0.3 is 10.1 Å². The van der Waals surface area contributed by atoms with Crippen LogP contribution in [0.25, 0.3) is 5.52 Å². The first-order chi connectivity index (χ1) is 9.69. The lowest BCUT2D eigenvalue weighted by Gasteiger charge is -2.03. The molecule has 0 saturated heterocycles. The van der Waals surface area contributed by atoms with E-state index in [-0.39, 0.29) is 24.7 Å². The Morgan fingerprint density at radius 3 is 2.95 bits per heavy atom. The van der Waals surface area contributed by atoms with Gasteiger partial charge in [-0.2, -0.15) is 5.10 Å². The summed E-state index contributed by atoms with van der Waals surface area (Å²) in [4.78, 5) is 22.7. The maximum absolute atomic E-state index is 11.6. The van der Waals surface area contributed by atoms with Crippen LogP contribution < -0.4 is 5.32 Å². The van der Waals surface area contributed by atoms with E-state index in [4.69, 9.17) is 4.74 Å². The van der Waals surface area contributed by atoms with Gasteiger partial charge in [0, 0.05) is 12.6 Å². The molecule has 0 aliphatic carbocycles. The number of hydrogen-bond donors (Lipinski definition) is 1. The molecule has 106 valence electrons. The maximum Gasteiger partial charge on any atom is 0.306 e. The molecule has 0 unspecified atom stereocenters. The summed E-state index contributed by atoms with van der Waals surface area (Å²) in [6, 6.07) is 7.67. The molecule has 1 N–H and O–H groups in total. The second-order valence-electron chi connectivity index (χ2n) is 4.29. The van der Waals surface area contributed by atoms with Crippen LogP contribution in [0, 0.1) is 0 Å². The van der Waals surface area contributed by atoms with Crippen molar-refractivity contribution in [3.05, 3.63) is 36.2 Å². The van der Waals surface area contributed by atoms with Crippen molar-refractivity contribution >= 4 is 17.4 Å². The zero-order valence-electron chi connectivity index (χ0n) is 11.3. The molecule has 20 heavy (non-hydrogen) atoms. The number of esters is 1. The van der Waals surface area contributed by atoms with Gasteiger partial charge in [-0.3, -0.25) is 9.59 Å². The van der Waals surface area contributed by atoms with Crippen LogP contribution in [0.5, 0.6) is 0 Å². The van der Waals surface area contributed by atoms with Gasteiger partial charge in [-0.05, 0) is 25.1 Å². The summed E-state index contributed by atoms with van der Waals surface area (Å²) < 4.78 is 6.51. The molecule has 0 aliphatic heterocycles. The molecule has 1 amide bonds. The SMILES string of the molecule is CCOC(=O)CCC(=O)NCc1cc2ccccn2n1. The first kappa shape index (κ1) is 14.0. The topological polar surface area (TPSA) is 72.7 Å². The Labute approximate surface area is 116 Å². The molecule has 2 rings (SSSR count). The maximum atomic E-state index is 11.6. The van der Waals surface area contributed by atoms with E-state index in [0.717, 1.165) is 11.2 Å². The van der Waals surface area contributed by atoms with Crippen LogP contribution in [0.3, 0.4) is 0 Å². The zero-order valence-corrected chi connectivity index (χ0v) is 11.3. The number of hydrogen-bond acceptors (Lipinski definition) is 4. The highest BCUT2D eigenvalue weighted by Gasteiger charge is 2.08. The van der Waals surface area contributed by atoms with Crippen molar-refractivity contribution in [3.63, 3.8) is 0 Å². The van der Waals surface area contributed by atoms with Crippen molar-refractivity contribution in [2.45, 2.75) is 26.3 Å². The average Bonchev–Trinajstić information content (AvgIpc) is 2.86. The first-order valence-electron chi connectivity index (χ1n) is 6.54. The fourth-order valence-corrected chi connectivity index (χ4v) is 1.80. The number of aromatic nitrogens is 2. The summed E-state index contributed by atoms with van der Waals surface area (Å²) >= 11 is 0. The summed E-state index contributed by atoms with van der Waals surface area (Å²) in [5.41, 5.74) is 1.75. The highest BCUT2D eigenvalue weighted by atomic mass is 16.5. The Kier molecular flexibility index (Phi) is 4.70. The minimum atomic E-state index is -0.351. The van der Waals surface area contributed by atoms with Gasteiger partial charge in [0.15, 0.2) is 0 Å². The number of amides is 1. The van der Waals surface area contributed by atoms with Gasteiger partial charge >= 0.3 is 5.97 Å². The molecule has 6 nitrogen and oxygen atoms in total. The van der Waals surface area contributed by atoms with Crippen molar-refractivity contribution in [1.29, 1.82) is 0 Å². The van der Waals surface area contributed by atoms with E-state index >= 15 is 0 Å². The minimum absolute atomic E-state index is 0.102. The normalized spacial score (nSPS) is 10.4. The molecule has 0 aromatic carbocycles. The van der Waals surface area contributed by atoms with Crippen molar-refractivity contribution in [1.82, 2.24) is 14.9 Å². The Morgan fingerprint density at radius 1 is 1.35 bits per heavy atom. The predicted molar refractivity (Wildman–Crippen MR) is 72.9 cm³/mol. The summed E-state index contributed by atoms with van der Waals surface area (Å²) in [6.07, 6.45) is 2.08. The van der Waals surface area contributed by atoms with Gasteiger partial charge in [-0.1, -0.05) is 6.07 Å². The molecule has 6 heteroatoms. The quantitative estimate of drug-likeness (QED) is 0.806. The molecule has 0 radical (unpaired) electrons. The second-order valence-corrected chi connectivity index (χ2v) is 4.29. The Bertz CT molecular complexity index is 573. The van der Waals surface area contributed by atoms with Crippen LogP contribution in [-0.4, -0.2) is 28.1 Å². The van der Waals surface area contributed by atoms with Crippen molar-refractivity contribution in [2.75, 3.05) is 6.61 Å². The van der Waals surface area contributed by atoms with E-state index < -0.39 is 0 Å². The number of rotatable bonds is 6. The molecule has 0 aliphatic rings. The highest BCUT2D eigenvalue weighted by Crippen LogP contribution is 2.05. The number of fused-ring (bicyclic) bond motifs is 1. The second kappa shape index (κ2) is 6.70. The third kappa shape index (κ3) is 3.81. The summed E-state index contributed by atoms with van der Waals surface area (Å²) in [5, 5.41) is 7.05. The van der Waals surface area contributed by atoms with Crippen LogP contribution in [0.2, 0.25) is 0 Å². The molecule has 2 heterocycles. The monoisotopic (exact) mass is 275 g/mol. The molecule has 0 atom stereocenters. The van der Waals surface area contributed by atoms with Gasteiger partial charge in [0.05, 0.1) is 30.8 Å². The fraction of sp³-hybridized carbons (Fsp3) is 0.357. The standard InChI is InChI=1S/C14H17N3O3/c1-2-20-14(19)7-6-13(18)15-10-11-9-12-5-3-4-8-17(12)16-11/h3-5,8-9H,2,6-7,10H2,1H3,(H,15,18). The summed E-state index contributed by atoms with van der Waals surface area (Å²) in [6.45, 7) is 2.42. The highest BCUT2D eigenvalue weighted by molar-refractivity contribution is 5.81. The van der Waals surface area contributed by atoms with E-state index in [1.54, 1.807) is 11.4 Å². The van der Waals surface area contributed by atoms with Crippen molar-refractivity contribution in [2.24, 2.45) is 0 Å². The largest absolute Gasteiger partial charge is 0.466 e. The molecular weight excluding hydrogens is 258 g/mol. The number of nitrogens with one attached hydrogen (secondary N) is 1. The number of carbonyl (C=O) groups is 2. The van der Waals surface area contributed by atoms with E-state index in [9.17, 15) is 9.59 Å². The summed E-state index contributed by atoms with van der Waals surface area (Å²) in [5.74, 6) is -0.537. The lowest BCUT2D eigenvalue weighted by Crippen LogP contribution is -2.23. The molecule has 0 fully saturated rings. The Morgan fingerprint density at radius 2 is 2.20 bits per heavy atom. The summed E-state index contributed by atoms with van der Waals surface area (Å²) in [7, 11) is 0. The van der Waals surface area contributed by atoms with Crippen molar-refractivity contribution in [3.8, 4) is 0 Å². The number of ether oxygens (including phenoxy) is 1. The smallest absolute Gasteiger partial charge is 0.306 e. The third-order valence-electron chi connectivity index (χ3n) is 2.75. The van der Waals surface area contributed by atoms with Crippen LogP contribution in [0.4, 0.5) is 0 Å². The minimum Gasteiger partial charge on any atom is -0.466 e. The fourth-order valence-electron chi connectivity index (χ4n) is 1.80. The molecule has 0 spiro atoms. The number of pyridine rings is 1. The van der Waals surface area contributed by atoms with Crippen LogP contribution in [0.1, 0.15) is 25.5 Å². The Hall–Kier alpha value is -2.37. The van der Waals surface area contributed by atoms with Gasteiger partial charge in [0.1, 0.15) is 0 Å². The number of nitrogens with zero attached hydrogens (tertiary/aromatic N) is 2. The molecule has 2 aromatic rings. The van der Waals surface area contributed by atoms with Crippen LogP contribution >= 0.6 is 0 Å². The van der Waals surface area contributed by atoms with Gasteiger partial charge in [0.2, 0.25) is 5.91 Å². The Balaban J connectivity index is 1.79. The van der Waals surface area contributed by atoms with Crippen LogP contribution in [0.15, 0.2) is 30.5 Å². The van der Waals surface area contributed by atoms with Gasteiger partial charge in [-0.25, -0.2) is 4.52 Å². The number of carbonyl (C=O) groups excluding carboxylic acids is 2. The van der Waals surface area contributed by atoms with Crippen molar-refractivity contribution < 1.29 is 14.3 Å². The molecule has 0 saturated carbocycles. The zero-order chi connectivity index (χ0) is 14.4. The van der Waals surface area contributed by atoms with E-state index in [0.29, 0.717) is 13.2 Å². The predicted octanol–water partition coefficient (Wildman–Crippen LogP) is 1.29. The van der Waals surface area contributed by atoms with Crippen LogP contribution in [-0.2, 0) is 20.9 Å². The van der Waals surface area contributed by atoms with E-state index in [1.165, 1.54) is 0 Å². The lowest BCUT2D eigenvalue weighted by molar-refractivity contribution is -0.144. The molecular formula is C14H17N3O3. The first-order valence-corrected chi connectivity index (χ1v) is 6.54.